The van der Waals surface area contributed by atoms with E-state index in [9.17, 15) is 9.90 Å². The van der Waals surface area contributed by atoms with E-state index >= 15 is 0 Å². The number of rotatable bonds is 3. The van der Waals surface area contributed by atoms with Gasteiger partial charge in [-0.2, -0.15) is 0 Å². The lowest BCUT2D eigenvalue weighted by Gasteiger charge is -2.20. The number of ether oxygens (including phenoxy) is 2. The van der Waals surface area contributed by atoms with Crippen LogP contribution in [-0.4, -0.2) is 42.2 Å². The minimum absolute atomic E-state index is 0.120. The smallest absolute Gasteiger partial charge is 0.407 e. The molecular weight excluding hydrogens is 186 g/mol. The lowest BCUT2D eigenvalue weighted by Crippen LogP contribution is -2.38. The van der Waals surface area contributed by atoms with Crippen molar-refractivity contribution in [3.05, 3.63) is 0 Å². The molecule has 0 aliphatic carbocycles. The van der Waals surface area contributed by atoms with Crippen LogP contribution in [0.2, 0.25) is 0 Å². The molecule has 82 valence electrons. The predicted octanol–water partition coefficient (Wildman–Crippen LogP) is 0.271. The van der Waals surface area contributed by atoms with Gasteiger partial charge in [-0.25, -0.2) is 4.79 Å². The summed E-state index contributed by atoms with van der Waals surface area (Å²) in [5.41, 5.74) is -0.509. The molecule has 0 spiro atoms. The van der Waals surface area contributed by atoms with Crippen LogP contribution in [0.15, 0.2) is 0 Å². The Bertz CT molecular complexity index is 207. The van der Waals surface area contributed by atoms with Crippen LogP contribution in [-0.2, 0) is 9.47 Å². The number of alkyl carbamates (subject to hydrolysis) is 1. The maximum atomic E-state index is 11.1. The number of nitrogens with one attached hydrogen (secondary N) is 1. The predicted molar refractivity (Wildman–Crippen MR) is 50.0 cm³/mol. The fourth-order valence-corrected chi connectivity index (χ4v) is 0.911. The monoisotopic (exact) mass is 203 g/mol. The van der Waals surface area contributed by atoms with E-state index in [0.717, 1.165) is 0 Å². The molecule has 0 aromatic carbocycles. The second kappa shape index (κ2) is 4.14. The summed E-state index contributed by atoms with van der Waals surface area (Å²) >= 11 is 0. The molecule has 5 heteroatoms. The van der Waals surface area contributed by atoms with Crippen LogP contribution in [0, 0.1) is 0 Å². The zero-order chi connectivity index (χ0) is 10.8. The highest BCUT2D eigenvalue weighted by Gasteiger charge is 2.31. The van der Waals surface area contributed by atoms with Gasteiger partial charge in [0.25, 0.3) is 0 Å². The summed E-state index contributed by atoms with van der Waals surface area (Å²) in [5.74, 6) is 0. The molecule has 1 aliphatic heterocycles. The van der Waals surface area contributed by atoms with Crippen LogP contribution >= 0.6 is 0 Å². The number of carbonyl (C=O) groups excluding carboxylic acids is 1. The Hall–Kier alpha value is -0.810. The number of amides is 1. The number of epoxide rings is 1. The first kappa shape index (κ1) is 11.3. The molecular formula is C9H17NO4. The molecule has 0 saturated carbocycles. The maximum absolute atomic E-state index is 11.1. The maximum Gasteiger partial charge on any atom is 0.407 e. The molecule has 1 heterocycles. The first-order valence-corrected chi connectivity index (χ1v) is 4.65. The van der Waals surface area contributed by atoms with E-state index < -0.39 is 17.8 Å². The third-order valence-electron chi connectivity index (χ3n) is 1.64. The van der Waals surface area contributed by atoms with Gasteiger partial charge in [0.05, 0.1) is 12.7 Å². The van der Waals surface area contributed by atoms with Gasteiger partial charge in [0.15, 0.2) is 0 Å². The fourth-order valence-electron chi connectivity index (χ4n) is 0.911. The minimum Gasteiger partial charge on any atom is -0.444 e. The second-order valence-electron chi connectivity index (χ2n) is 4.32. The Labute approximate surface area is 83.4 Å². The molecule has 0 radical (unpaired) electrons. The summed E-state index contributed by atoms with van der Waals surface area (Å²) in [5, 5.41) is 11.8. The van der Waals surface area contributed by atoms with Gasteiger partial charge < -0.3 is 19.9 Å². The Morgan fingerprint density at radius 1 is 1.71 bits per heavy atom. The SMILES string of the molecule is CC(C)(C)OC(=O)NC[C@@H](O)[C@H]1CO1. The van der Waals surface area contributed by atoms with E-state index in [2.05, 4.69) is 5.32 Å². The van der Waals surface area contributed by atoms with E-state index in [4.69, 9.17) is 9.47 Å². The van der Waals surface area contributed by atoms with Gasteiger partial charge in [0.2, 0.25) is 0 Å². The van der Waals surface area contributed by atoms with E-state index in [-0.39, 0.29) is 12.6 Å². The molecule has 0 aromatic rings. The molecule has 2 atom stereocenters. The zero-order valence-electron chi connectivity index (χ0n) is 8.74. The van der Waals surface area contributed by atoms with Crippen molar-refractivity contribution >= 4 is 6.09 Å². The number of aliphatic hydroxyl groups is 1. The minimum atomic E-state index is -0.637. The Kier molecular flexibility index (Phi) is 3.34. The Morgan fingerprint density at radius 3 is 2.71 bits per heavy atom. The normalized spacial score (nSPS) is 22.7. The fraction of sp³-hybridized carbons (Fsp3) is 0.889. The van der Waals surface area contributed by atoms with E-state index in [1.165, 1.54) is 0 Å². The standard InChI is InChI=1S/C9H17NO4/c1-9(2,3)14-8(12)10-4-6(11)7-5-13-7/h6-7,11H,4-5H2,1-3H3,(H,10,12)/t6-,7-/m1/s1. The van der Waals surface area contributed by atoms with Crippen molar-refractivity contribution in [2.24, 2.45) is 0 Å². The van der Waals surface area contributed by atoms with E-state index in [1.54, 1.807) is 20.8 Å². The van der Waals surface area contributed by atoms with Crippen molar-refractivity contribution in [1.82, 2.24) is 5.32 Å². The average molecular weight is 203 g/mol. The summed E-state index contributed by atoms with van der Waals surface area (Å²) in [6.07, 6.45) is -1.27. The van der Waals surface area contributed by atoms with Crippen LogP contribution in [0.5, 0.6) is 0 Å². The highest BCUT2D eigenvalue weighted by molar-refractivity contribution is 5.67. The van der Waals surface area contributed by atoms with Gasteiger partial charge >= 0.3 is 6.09 Å². The zero-order valence-corrected chi connectivity index (χ0v) is 8.74. The van der Waals surface area contributed by atoms with Gasteiger partial charge in [0.1, 0.15) is 11.7 Å². The lowest BCUT2D eigenvalue weighted by atomic mass is 10.2. The summed E-state index contributed by atoms with van der Waals surface area (Å²) in [6, 6.07) is 0. The number of hydrogen-bond donors (Lipinski definition) is 2. The van der Waals surface area contributed by atoms with Crippen molar-refractivity contribution in [1.29, 1.82) is 0 Å². The highest BCUT2D eigenvalue weighted by atomic mass is 16.6. The third kappa shape index (κ3) is 4.43. The molecule has 1 fully saturated rings. The summed E-state index contributed by atoms with van der Waals surface area (Å²) < 4.78 is 9.85. The average Bonchev–Trinajstić information content (AvgIpc) is 2.78. The van der Waals surface area contributed by atoms with Gasteiger partial charge in [-0.05, 0) is 20.8 Å². The Balaban J connectivity index is 2.14. The van der Waals surface area contributed by atoms with E-state index in [0.29, 0.717) is 6.61 Å². The number of hydrogen-bond acceptors (Lipinski definition) is 4. The molecule has 0 aromatic heterocycles. The third-order valence-corrected chi connectivity index (χ3v) is 1.64. The first-order chi connectivity index (χ1) is 6.38. The molecule has 1 saturated heterocycles. The van der Waals surface area contributed by atoms with Gasteiger partial charge in [0, 0.05) is 6.54 Å². The van der Waals surface area contributed by atoms with Crippen molar-refractivity contribution in [2.75, 3.05) is 13.2 Å². The van der Waals surface area contributed by atoms with Crippen molar-refractivity contribution < 1.29 is 19.4 Å². The first-order valence-electron chi connectivity index (χ1n) is 4.65. The largest absolute Gasteiger partial charge is 0.444 e. The Morgan fingerprint density at radius 2 is 2.29 bits per heavy atom. The van der Waals surface area contributed by atoms with Gasteiger partial charge in [-0.1, -0.05) is 0 Å². The van der Waals surface area contributed by atoms with Crippen LogP contribution < -0.4 is 5.32 Å². The molecule has 1 amide bonds. The molecule has 0 unspecified atom stereocenters. The van der Waals surface area contributed by atoms with Crippen molar-refractivity contribution in [2.45, 2.75) is 38.6 Å². The molecule has 1 aliphatic rings. The molecule has 2 N–H and O–H groups in total. The molecule has 14 heavy (non-hydrogen) atoms. The van der Waals surface area contributed by atoms with Crippen LogP contribution in [0.25, 0.3) is 0 Å². The highest BCUT2D eigenvalue weighted by Crippen LogP contribution is 2.13. The molecule has 5 nitrogen and oxygen atoms in total. The van der Waals surface area contributed by atoms with Crippen molar-refractivity contribution in [3.63, 3.8) is 0 Å². The lowest BCUT2D eigenvalue weighted by molar-refractivity contribution is 0.0478. The van der Waals surface area contributed by atoms with Gasteiger partial charge in [-0.15, -0.1) is 0 Å². The van der Waals surface area contributed by atoms with Crippen LogP contribution in [0.4, 0.5) is 4.79 Å². The van der Waals surface area contributed by atoms with Crippen LogP contribution in [0.3, 0.4) is 0 Å². The summed E-state index contributed by atoms with van der Waals surface area (Å²) in [6.45, 7) is 6.09. The van der Waals surface area contributed by atoms with Crippen LogP contribution in [0.1, 0.15) is 20.8 Å². The van der Waals surface area contributed by atoms with Crippen molar-refractivity contribution in [3.8, 4) is 0 Å². The molecule has 0 bridgehead atoms. The quantitative estimate of drug-likeness (QED) is 0.646. The van der Waals surface area contributed by atoms with Gasteiger partial charge in [-0.3, -0.25) is 0 Å². The summed E-state index contributed by atoms with van der Waals surface area (Å²) in [4.78, 5) is 11.1. The number of carbonyl (C=O) groups is 1. The topological polar surface area (TPSA) is 71.1 Å². The molecule has 1 rings (SSSR count). The van der Waals surface area contributed by atoms with E-state index in [1.807, 2.05) is 0 Å². The number of aliphatic hydroxyl groups excluding tert-OH is 1. The second-order valence-corrected chi connectivity index (χ2v) is 4.32. The summed E-state index contributed by atoms with van der Waals surface area (Å²) in [7, 11) is 0.